The summed E-state index contributed by atoms with van der Waals surface area (Å²) in [7, 11) is 0. The van der Waals surface area contributed by atoms with Crippen molar-refractivity contribution < 1.29 is 23.5 Å². The minimum atomic E-state index is -0.654. The number of hydrogen-bond donors (Lipinski definition) is 2. The second-order valence-corrected chi connectivity index (χ2v) is 8.97. The summed E-state index contributed by atoms with van der Waals surface area (Å²) < 4.78 is 20.5. The largest absolute Gasteiger partial charge is 0.442 e. The third-order valence-electron chi connectivity index (χ3n) is 6.26. The zero-order valence-corrected chi connectivity index (χ0v) is 20.8. The number of cyclic esters (lactones) is 1. The number of fused-ring (bicyclic) bond motifs is 1. The van der Waals surface area contributed by atoms with E-state index in [1.807, 2.05) is 0 Å². The molecule has 1 aliphatic rings. The maximum Gasteiger partial charge on any atom is 0.414 e. The fourth-order valence-corrected chi connectivity index (χ4v) is 4.49. The fourth-order valence-electron chi connectivity index (χ4n) is 4.34. The highest BCUT2D eigenvalue weighted by atomic mass is 32.1. The van der Waals surface area contributed by atoms with E-state index in [9.17, 15) is 14.4 Å². The number of Topliss-reactive ketones (excluding diaryl/α,β-unsaturated/α-hetero) is 1. The van der Waals surface area contributed by atoms with E-state index < -0.39 is 18.0 Å². The highest BCUT2D eigenvalue weighted by molar-refractivity contribution is 7.79. The van der Waals surface area contributed by atoms with E-state index in [-0.39, 0.29) is 43.2 Å². The molecule has 5 rings (SSSR count). The van der Waals surface area contributed by atoms with Crippen LogP contribution in [0.5, 0.6) is 0 Å². The van der Waals surface area contributed by atoms with Crippen molar-refractivity contribution in [2.24, 2.45) is 0 Å². The smallest absolute Gasteiger partial charge is 0.414 e. The van der Waals surface area contributed by atoms with Gasteiger partial charge in [0.15, 0.2) is 5.78 Å². The molecule has 11 heteroatoms. The third-order valence-corrected chi connectivity index (χ3v) is 6.53. The molecule has 1 aliphatic heterocycles. The first-order valence-corrected chi connectivity index (χ1v) is 12.3. The van der Waals surface area contributed by atoms with Crippen LogP contribution in [0.4, 0.5) is 14.9 Å². The van der Waals surface area contributed by atoms with Crippen molar-refractivity contribution in [3.05, 3.63) is 77.6 Å². The molecule has 192 valence electrons. The number of anilines is 1. The average Bonchev–Trinajstić information content (AvgIpc) is 3.57. The summed E-state index contributed by atoms with van der Waals surface area (Å²) in [6.45, 7) is 0.164. The topological polar surface area (TPSA) is 117 Å². The monoisotopic (exact) mass is 531 g/mol. The van der Waals surface area contributed by atoms with Gasteiger partial charge >= 0.3 is 6.09 Å². The second kappa shape index (κ2) is 10.9. The van der Waals surface area contributed by atoms with Crippen molar-refractivity contribution in [1.82, 2.24) is 20.7 Å². The van der Waals surface area contributed by atoms with Crippen LogP contribution in [0.25, 0.3) is 22.2 Å². The summed E-state index contributed by atoms with van der Waals surface area (Å²) in [6, 6.07) is 16.5. The summed E-state index contributed by atoms with van der Waals surface area (Å²) in [5.41, 5.74) is 3.44. The number of rotatable bonds is 9. The van der Waals surface area contributed by atoms with E-state index in [0.29, 0.717) is 27.8 Å². The number of ether oxygens (including phenoxy) is 1. The van der Waals surface area contributed by atoms with Crippen LogP contribution >= 0.6 is 12.2 Å². The van der Waals surface area contributed by atoms with Crippen LogP contribution in [0.1, 0.15) is 28.8 Å². The fraction of sp³-hybridized carbons (Fsp3) is 0.185. The van der Waals surface area contributed by atoms with Crippen LogP contribution in [0.2, 0.25) is 0 Å². The lowest BCUT2D eigenvalue weighted by Gasteiger charge is -2.18. The summed E-state index contributed by atoms with van der Waals surface area (Å²) in [6.07, 6.45) is -1.27. The number of aromatic nitrogens is 3. The normalized spacial score (nSPS) is 14.9. The number of thiocarbonyl (C=S) groups is 1. The molecule has 3 aromatic carbocycles. The molecular weight excluding hydrogens is 509 g/mol. The van der Waals surface area contributed by atoms with Gasteiger partial charge in [0.2, 0.25) is 5.91 Å². The van der Waals surface area contributed by atoms with Crippen LogP contribution in [0, 0.1) is 5.82 Å². The SMILES string of the molecule is O=C(CCC(=O)c1ccc(C=S)cc1)NC[C@H]1CN(c2cccc(F)c2-c2cccc3[nH]nnc23)C(=O)O1. The molecule has 38 heavy (non-hydrogen) atoms. The lowest BCUT2D eigenvalue weighted by Crippen LogP contribution is -2.34. The zero-order chi connectivity index (χ0) is 26.6. The molecule has 2 heterocycles. The van der Waals surface area contributed by atoms with Gasteiger partial charge < -0.3 is 10.1 Å². The molecule has 1 aromatic heterocycles. The number of carbonyl (C=O) groups is 3. The highest BCUT2D eigenvalue weighted by Crippen LogP contribution is 2.38. The van der Waals surface area contributed by atoms with Crippen molar-refractivity contribution in [2.45, 2.75) is 18.9 Å². The van der Waals surface area contributed by atoms with Gasteiger partial charge in [0.25, 0.3) is 0 Å². The Kier molecular flexibility index (Phi) is 7.18. The highest BCUT2D eigenvalue weighted by Gasteiger charge is 2.35. The Labute approximate surface area is 222 Å². The van der Waals surface area contributed by atoms with Crippen LogP contribution in [0.15, 0.2) is 60.7 Å². The van der Waals surface area contributed by atoms with Gasteiger partial charge in [-0.25, -0.2) is 9.18 Å². The molecule has 0 aliphatic carbocycles. The number of amides is 2. The molecule has 0 saturated carbocycles. The molecule has 0 radical (unpaired) electrons. The van der Waals surface area contributed by atoms with Gasteiger partial charge in [-0.3, -0.25) is 19.6 Å². The van der Waals surface area contributed by atoms with Gasteiger partial charge in [0.1, 0.15) is 17.4 Å². The summed E-state index contributed by atoms with van der Waals surface area (Å²) in [4.78, 5) is 38.8. The first-order valence-electron chi connectivity index (χ1n) is 11.9. The number of benzene rings is 3. The number of H-pyrrole nitrogens is 1. The summed E-state index contributed by atoms with van der Waals surface area (Å²) in [5, 5.41) is 14.8. The Morgan fingerprint density at radius 1 is 1.13 bits per heavy atom. The predicted molar refractivity (Wildman–Crippen MR) is 143 cm³/mol. The van der Waals surface area contributed by atoms with E-state index >= 15 is 4.39 Å². The van der Waals surface area contributed by atoms with Gasteiger partial charge in [-0.1, -0.05) is 59.9 Å². The summed E-state index contributed by atoms with van der Waals surface area (Å²) in [5.74, 6) is -1.02. The lowest BCUT2D eigenvalue weighted by atomic mass is 10.0. The lowest BCUT2D eigenvalue weighted by molar-refractivity contribution is -0.121. The maximum atomic E-state index is 15.1. The first kappa shape index (κ1) is 25.2. The molecule has 4 aromatic rings. The van der Waals surface area contributed by atoms with Gasteiger partial charge in [0, 0.05) is 34.9 Å². The standard InChI is InChI=1S/C27H22FN5O4S/c28-20-4-2-6-22(25(20)19-3-1-5-21-26(19)31-32-30-21)33-14-18(37-27(33)36)13-29-24(35)12-11-23(34)17-9-7-16(15-38)8-10-17/h1-10,15,18H,11-14H2,(H,29,35)(H,30,31,32)/t18-/m0/s1. The van der Waals surface area contributed by atoms with E-state index in [1.54, 1.807) is 48.5 Å². The van der Waals surface area contributed by atoms with E-state index in [2.05, 4.69) is 20.7 Å². The van der Waals surface area contributed by atoms with Gasteiger partial charge in [-0.05, 0) is 23.8 Å². The van der Waals surface area contributed by atoms with E-state index in [1.165, 1.54) is 22.4 Å². The molecule has 0 unspecified atom stereocenters. The van der Waals surface area contributed by atoms with Crippen LogP contribution in [-0.4, -0.2) is 57.8 Å². The number of halogens is 1. The third kappa shape index (κ3) is 5.14. The molecule has 1 atom stereocenters. The minimum absolute atomic E-state index is 0.00607. The Morgan fingerprint density at radius 2 is 1.92 bits per heavy atom. The molecular formula is C27H22FN5O4S. The van der Waals surface area contributed by atoms with Gasteiger partial charge in [-0.15, -0.1) is 5.10 Å². The molecule has 0 bridgehead atoms. The second-order valence-electron chi connectivity index (χ2n) is 8.73. The number of nitrogens with zero attached hydrogens (tertiary/aromatic N) is 3. The van der Waals surface area contributed by atoms with Crippen LogP contribution in [-0.2, 0) is 9.53 Å². The zero-order valence-electron chi connectivity index (χ0n) is 20.0. The number of nitrogens with one attached hydrogen (secondary N) is 2. The Bertz CT molecular complexity index is 1540. The van der Waals surface area contributed by atoms with Crippen molar-refractivity contribution in [1.29, 1.82) is 0 Å². The average molecular weight is 532 g/mol. The Hall–Kier alpha value is -4.51. The minimum Gasteiger partial charge on any atom is -0.442 e. The van der Waals surface area contributed by atoms with Gasteiger partial charge in [0.05, 0.1) is 24.3 Å². The molecule has 0 spiro atoms. The van der Waals surface area contributed by atoms with Gasteiger partial charge in [-0.2, -0.15) is 0 Å². The van der Waals surface area contributed by atoms with Crippen molar-refractivity contribution >= 4 is 52.1 Å². The predicted octanol–water partition coefficient (Wildman–Crippen LogP) is 4.22. The van der Waals surface area contributed by atoms with E-state index in [0.717, 1.165) is 5.56 Å². The first-order chi connectivity index (χ1) is 18.4. The maximum absolute atomic E-state index is 15.1. The molecule has 9 nitrogen and oxygen atoms in total. The van der Waals surface area contributed by atoms with Crippen molar-refractivity contribution in [2.75, 3.05) is 18.0 Å². The Morgan fingerprint density at radius 3 is 2.71 bits per heavy atom. The quantitative estimate of drug-likeness (QED) is 0.245. The number of ketones is 1. The van der Waals surface area contributed by atoms with Crippen molar-refractivity contribution in [3.63, 3.8) is 0 Å². The van der Waals surface area contributed by atoms with E-state index in [4.69, 9.17) is 17.0 Å². The number of aromatic amines is 1. The van der Waals surface area contributed by atoms with Crippen LogP contribution in [0.3, 0.4) is 0 Å². The molecule has 2 N–H and O–H groups in total. The number of hydrogen-bond acceptors (Lipinski definition) is 7. The molecule has 2 amide bonds. The summed E-state index contributed by atoms with van der Waals surface area (Å²) >= 11 is 4.86. The van der Waals surface area contributed by atoms with Crippen LogP contribution < -0.4 is 10.2 Å². The molecule has 1 fully saturated rings. The Balaban J connectivity index is 1.22. The molecule has 1 saturated heterocycles. The number of carbonyl (C=O) groups excluding carboxylic acids is 3. The van der Waals surface area contributed by atoms with Crippen molar-refractivity contribution in [3.8, 4) is 11.1 Å².